The fourth-order valence-electron chi connectivity index (χ4n) is 3.92. The van der Waals surface area contributed by atoms with Crippen molar-refractivity contribution in [2.75, 3.05) is 11.9 Å². The summed E-state index contributed by atoms with van der Waals surface area (Å²) in [4.78, 5) is 0. The molecule has 1 aliphatic carbocycles. The normalized spacial score (nSPS) is 29.8. The minimum absolute atomic E-state index is 0.434. The van der Waals surface area contributed by atoms with Crippen LogP contribution in [-0.2, 0) is 0 Å². The Morgan fingerprint density at radius 2 is 2.00 bits per heavy atom. The van der Waals surface area contributed by atoms with Gasteiger partial charge in [-0.2, -0.15) is 0 Å². The first-order valence-corrected chi connectivity index (χ1v) is 7.96. The number of hydrogen-bond donors (Lipinski definition) is 3. The van der Waals surface area contributed by atoms with Crippen LogP contribution in [0, 0.1) is 19.8 Å². The lowest BCUT2D eigenvalue weighted by molar-refractivity contribution is 0.376. The highest BCUT2D eigenvalue weighted by Crippen LogP contribution is 2.36. The predicted octanol–water partition coefficient (Wildman–Crippen LogP) is 3.34. The number of anilines is 1. The monoisotopic (exact) mass is 274 g/mol. The average molecular weight is 274 g/mol. The van der Waals surface area contributed by atoms with Crippen LogP contribution >= 0.6 is 0 Å². The predicted molar refractivity (Wildman–Crippen MR) is 83.4 cm³/mol. The van der Waals surface area contributed by atoms with Gasteiger partial charge in [0.2, 0.25) is 0 Å². The van der Waals surface area contributed by atoms with Crippen molar-refractivity contribution in [3.8, 4) is 5.75 Å². The van der Waals surface area contributed by atoms with E-state index in [2.05, 4.69) is 16.7 Å². The fourth-order valence-corrected chi connectivity index (χ4v) is 3.92. The molecular formula is C17H26N2O. The zero-order chi connectivity index (χ0) is 14.1. The lowest BCUT2D eigenvalue weighted by atomic mass is 9.92. The number of phenolic OH excluding ortho intramolecular Hbond substituents is 1. The molecule has 0 spiro atoms. The molecule has 1 aliphatic heterocycles. The van der Waals surface area contributed by atoms with Crippen LogP contribution in [0.15, 0.2) is 12.1 Å². The van der Waals surface area contributed by atoms with Gasteiger partial charge in [-0.15, -0.1) is 0 Å². The second-order valence-electron chi connectivity index (χ2n) is 6.45. The smallest absolute Gasteiger partial charge is 0.123 e. The molecule has 1 aromatic rings. The summed E-state index contributed by atoms with van der Waals surface area (Å²) < 4.78 is 0. The van der Waals surface area contributed by atoms with Crippen molar-refractivity contribution in [2.24, 2.45) is 5.92 Å². The molecule has 0 aromatic heterocycles. The minimum Gasteiger partial charge on any atom is -0.507 e. The Morgan fingerprint density at radius 3 is 2.75 bits per heavy atom. The van der Waals surface area contributed by atoms with Crippen molar-refractivity contribution < 1.29 is 5.11 Å². The number of hydrogen-bond acceptors (Lipinski definition) is 3. The van der Waals surface area contributed by atoms with Gasteiger partial charge in [-0.3, -0.25) is 0 Å². The summed E-state index contributed by atoms with van der Waals surface area (Å²) in [6.45, 7) is 5.13. The van der Waals surface area contributed by atoms with Crippen molar-refractivity contribution in [1.82, 2.24) is 5.32 Å². The Labute approximate surface area is 121 Å². The Hall–Kier alpha value is -1.22. The van der Waals surface area contributed by atoms with Gasteiger partial charge in [0.05, 0.1) is 0 Å². The van der Waals surface area contributed by atoms with Crippen molar-refractivity contribution in [2.45, 2.75) is 58.0 Å². The van der Waals surface area contributed by atoms with Gasteiger partial charge in [-0.1, -0.05) is 12.5 Å². The van der Waals surface area contributed by atoms with E-state index in [0.717, 1.165) is 22.7 Å². The summed E-state index contributed by atoms with van der Waals surface area (Å²) in [6.07, 6.45) is 6.53. The van der Waals surface area contributed by atoms with Gasteiger partial charge in [0.15, 0.2) is 0 Å². The van der Waals surface area contributed by atoms with E-state index in [4.69, 9.17) is 0 Å². The first-order chi connectivity index (χ1) is 9.66. The molecule has 1 saturated heterocycles. The molecule has 3 nitrogen and oxygen atoms in total. The van der Waals surface area contributed by atoms with E-state index in [1.165, 1.54) is 38.6 Å². The van der Waals surface area contributed by atoms with Gasteiger partial charge in [-0.05, 0) is 63.6 Å². The maximum Gasteiger partial charge on any atom is 0.123 e. The largest absolute Gasteiger partial charge is 0.507 e. The molecule has 0 amide bonds. The van der Waals surface area contributed by atoms with Crippen molar-refractivity contribution in [3.05, 3.63) is 23.3 Å². The second-order valence-corrected chi connectivity index (χ2v) is 6.45. The van der Waals surface area contributed by atoms with Crippen LogP contribution in [0.4, 0.5) is 5.69 Å². The van der Waals surface area contributed by atoms with Gasteiger partial charge in [-0.25, -0.2) is 0 Å². The third kappa shape index (κ3) is 2.51. The van der Waals surface area contributed by atoms with Crippen molar-refractivity contribution >= 4 is 5.69 Å². The van der Waals surface area contributed by atoms with E-state index in [0.29, 0.717) is 17.8 Å². The van der Waals surface area contributed by atoms with Crippen molar-refractivity contribution in [1.29, 1.82) is 0 Å². The molecule has 3 rings (SSSR count). The molecule has 2 aliphatic rings. The third-order valence-corrected chi connectivity index (χ3v) is 5.16. The van der Waals surface area contributed by atoms with E-state index in [9.17, 15) is 5.11 Å². The van der Waals surface area contributed by atoms with Gasteiger partial charge < -0.3 is 15.7 Å². The Balaban J connectivity index is 1.75. The van der Waals surface area contributed by atoms with Gasteiger partial charge in [0.1, 0.15) is 5.75 Å². The van der Waals surface area contributed by atoms with E-state index < -0.39 is 0 Å². The molecular weight excluding hydrogens is 248 g/mol. The van der Waals surface area contributed by atoms with Crippen LogP contribution < -0.4 is 10.6 Å². The standard InChI is InChI=1S/C17H26N2O/c1-11-8-9-14(12(2)17(11)20)19-16-6-3-5-13(16)15-7-4-10-18-15/h8-9,13,15-16,18-20H,3-7,10H2,1-2H3. The molecule has 3 N–H and O–H groups in total. The number of rotatable bonds is 3. The highest BCUT2D eigenvalue weighted by molar-refractivity contribution is 5.59. The zero-order valence-corrected chi connectivity index (χ0v) is 12.6. The molecule has 1 saturated carbocycles. The van der Waals surface area contributed by atoms with Gasteiger partial charge in [0.25, 0.3) is 0 Å². The molecule has 20 heavy (non-hydrogen) atoms. The number of aryl methyl sites for hydroxylation is 1. The lowest BCUT2D eigenvalue weighted by Gasteiger charge is -2.28. The highest BCUT2D eigenvalue weighted by atomic mass is 16.3. The molecule has 1 heterocycles. The second kappa shape index (κ2) is 5.65. The van der Waals surface area contributed by atoms with E-state index >= 15 is 0 Å². The Kier molecular flexibility index (Phi) is 3.88. The summed E-state index contributed by atoms with van der Waals surface area (Å²) in [7, 11) is 0. The van der Waals surface area contributed by atoms with E-state index in [-0.39, 0.29) is 0 Å². The quantitative estimate of drug-likeness (QED) is 0.792. The average Bonchev–Trinajstić information content (AvgIpc) is 3.09. The van der Waals surface area contributed by atoms with Crippen LogP contribution in [0.3, 0.4) is 0 Å². The minimum atomic E-state index is 0.434. The molecule has 2 fully saturated rings. The molecule has 0 radical (unpaired) electrons. The summed E-state index contributed by atoms with van der Waals surface area (Å²) in [6, 6.07) is 5.35. The first-order valence-electron chi connectivity index (χ1n) is 7.96. The van der Waals surface area contributed by atoms with Crippen LogP contribution in [0.25, 0.3) is 0 Å². The Morgan fingerprint density at radius 1 is 1.15 bits per heavy atom. The number of phenols is 1. The van der Waals surface area contributed by atoms with Crippen LogP contribution in [0.5, 0.6) is 5.75 Å². The zero-order valence-electron chi connectivity index (χ0n) is 12.6. The molecule has 3 atom stereocenters. The van der Waals surface area contributed by atoms with E-state index in [1.54, 1.807) is 0 Å². The summed E-state index contributed by atoms with van der Waals surface area (Å²) in [5.41, 5.74) is 3.03. The molecule has 3 heteroatoms. The Bertz CT molecular complexity index is 480. The highest BCUT2D eigenvalue weighted by Gasteiger charge is 2.35. The van der Waals surface area contributed by atoms with Gasteiger partial charge in [0, 0.05) is 23.3 Å². The third-order valence-electron chi connectivity index (χ3n) is 5.16. The number of benzene rings is 1. The maximum atomic E-state index is 10.1. The molecule has 3 unspecified atom stereocenters. The SMILES string of the molecule is Cc1ccc(NC2CCCC2C2CCCN2)c(C)c1O. The summed E-state index contributed by atoms with van der Waals surface area (Å²) in [5, 5.41) is 17.5. The van der Waals surface area contributed by atoms with Crippen LogP contribution in [0.1, 0.15) is 43.2 Å². The van der Waals surface area contributed by atoms with E-state index in [1.807, 2.05) is 19.9 Å². The molecule has 1 aromatic carbocycles. The molecule has 110 valence electrons. The lowest BCUT2D eigenvalue weighted by Crippen LogP contribution is -2.38. The van der Waals surface area contributed by atoms with Crippen LogP contribution in [-0.4, -0.2) is 23.7 Å². The maximum absolute atomic E-state index is 10.1. The topological polar surface area (TPSA) is 44.3 Å². The van der Waals surface area contributed by atoms with Gasteiger partial charge >= 0.3 is 0 Å². The van der Waals surface area contributed by atoms with Crippen molar-refractivity contribution in [3.63, 3.8) is 0 Å². The molecule has 0 bridgehead atoms. The number of aromatic hydroxyl groups is 1. The number of nitrogens with one attached hydrogen (secondary N) is 2. The summed E-state index contributed by atoms with van der Waals surface area (Å²) in [5.74, 6) is 1.17. The first kappa shape index (κ1) is 13.7. The van der Waals surface area contributed by atoms with Crippen LogP contribution in [0.2, 0.25) is 0 Å². The fraction of sp³-hybridized carbons (Fsp3) is 0.647. The summed E-state index contributed by atoms with van der Waals surface area (Å²) >= 11 is 0.